The van der Waals surface area contributed by atoms with Crippen LogP contribution >= 0.6 is 0 Å². The first-order valence-corrected chi connectivity index (χ1v) is 8.26. The Bertz CT molecular complexity index is 869. The van der Waals surface area contributed by atoms with E-state index in [0.29, 0.717) is 24.7 Å². The number of carboxylic acids is 1. The van der Waals surface area contributed by atoms with Gasteiger partial charge in [0.2, 0.25) is 0 Å². The smallest absolute Gasteiger partial charge is 0.330 e. The van der Waals surface area contributed by atoms with E-state index in [-0.39, 0.29) is 16.9 Å². The van der Waals surface area contributed by atoms with Gasteiger partial charge in [0.25, 0.3) is 5.91 Å². The summed E-state index contributed by atoms with van der Waals surface area (Å²) in [5.41, 5.74) is 0.294. The Kier molecular flexibility index (Phi) is 5.44. The van der Waals surface area contributed by atoms with Crippen molar-refractivity contribution in [2.45, 2.75) is 12.5 Å². The van der Waals surface area contributed by atoms with Crippen LogP contribution in [0.5, 0.6) is 17.2 Å². The van der Waals surface area contributed by atoms with Gasteiger partial charge in [0, 0.05) is 12.0 Å². The second-order valence-corrected chi connectivity index (χ2v) is 5.85. The van der Waals surface area contributed by atoms with E-state index in [9.17, 15) is 19.1 Å². The molecule has 2 aromatic rings. The number of halogens is 1. The van der Waals surface area contributed by atoms with Crippen LogP contribution in [0.15, 0.2) is 36.4 Å². The summed E-state index contributed by atoms with van der Waals surface area (Å²) in [4.78, 5) is 24.1. The summed E-state index contributed by atoms with van der Waals surface area (Å²) in [7, 11) is 1.30. The van der Waals surface area contributed by atoms with Gasteiger partial charge in [0.15, 0.2) is 29.1 Å². The van der Waals surface area contributed by atoms with Crippen LogP contribution in [0, 0.1) is 5.82 Å². The molecule has 1 aliphatic rings. The van der Waals surface area contributed by atoms with E-state index in [0.717, 1.165) is 12.5 Å². The Morgan fingerprint density at radius 3 is 2.56 bits per heavy atom. The standard InChI is InChI=1S/C19H18FNO6/c1-25-14-5-3-11(9-13(14)20)17(19(23)24)21-18(22)12-4-6-15-16(10-12)27-8-2-7-26-15/h3-6,9-10,17H,2,7-8H2,1H3,(H,21,22)(H,23,24). The molecule has 0 aliphatic carbocycles. The molecule has 0 radical (unpaired) electrons. The Hall–Kier alpha value is -3.29. The van der Waals surface area contributed by atoms with Gasteiger partial charge in [-0.05, 0) is 35.9 Å². The number of aliphatic carboxylic acids is 1. The van der Waals surface area contributed by atoms with Crippen molar-refractivity contribution in [1.29, 1.82) is 0 Å². The normalized spacial score (nSPS) is 14.0. The first kappa shape index (κ1) is 18.5. The van der Waals surface area contributed by atoms with Crippen molar-refractivity contribution in [3.05, 3.63) is 53.3 Å². The molecule has 2 aromatic carbocycles. The van der Waals surface area contributed by atoms with Gasteiger partial charge >= 0.3 is 5.97 Å². The maximum absolute atomic E-state index is 13.9. The Labute approximate surface area is 154 Å². The lowest BCUT2D eigenvalue weighted by Gasteiger charge is -2.16. The zero-order valence-electron chi connectivity index (χ0n) is 14.5. The fraction of sp³-hybridized carbons (Fsp3) is 0.263. The zero-order chi connectivity index (χ0) is 19.4. The van der Waals surface area contributed by atoms with Gasteiger partial charge in [-0.25, -0.2) is 9.18 Å². The molecule has 27 heavy (non-hydrogen) atoms. The monoisotopic (exact) mass is 375 g/mol. The van der Waals surface area contributed by atoms with E-state index in [2.05, 4.69) is 5.32 Å². The summed E-state index contributed by atoms with van der Waals surface area (Å²) in [6, 6.07) is 6.88. The number of benzene rings is 2. The molecule has 1 heterocycles. The predicted octanol–water partition coefficient (Wildman–Crippen LogP) is 2.55. The average molecular weight is 375 g/mol. The molecule has 1 aliphatic heterocycles. The molecule has 1 atom stereocenters. The topological polar surface area (TPSA) is 94.1 Å². The van der Waals surface area contributed by atoms with Gasteiger partial charge < -0.3 is 24.6 Å². The summed E-state index contributed by atoms with van der Waals surface area (Å²) in [6.07, 6.45) is 0.723. The van der Waals surface area contributed by atoms with Crippen LogP contribution in [0.25, 0.3) is 0 Å². The van der Waals surface area contributed by atoms with Crippen molar-refractivity contribution in [2.24, 2.45) is 0 Å². The van der Waals surface area contributed by atoms with Crippen LogP contribution in [0.2, 0.25) is 0 Å². The van der Waals surface area contributed by atoms with Gasteiger partial charge in [-0.1, -0.05) is 6.07 Å². The molecule has 0 spiro atoms. The number of carbonyl (C=O) groups excluding carboxylic acids is 1. The lowest BCUT2D eigenvalue weighted by molar-refractivity contribution is -0.139. The third kappa shape index (κ3) is 4.11. The third-order valence-corrected chi connectivity index (χ3v) is 4.04. The fourth-order valence-corrected chi connectivity index (χ4v) is 2.67. The number of nitrogens with one attached hydrogen (secondary N) is 1. The average Bonchev–Trinajstić information content (AvgIpc) is 2.90. The fourth-order valence-electron chi connectivity index (χ4n) is 2.67. The molecule has 0 fully saturated rings. The molecule has 0 aromatic heterocycles. The minimum Gasteiger partial charge on any atom is -0.494 e. The molecule has 7 nitrogen and oxygen atoms in total. The molecule has 0 saturated carbocycles. The van der Waals surface area contributed by atoms with Crippen LogP contribution in [0.1, 0.15) is 28.4 Å². The summed E-state index contributed by atoms with van der Waals surface area (Å²) in [5.74, 6) is -1.74. The van der Waals surface area contributed by atoms with Crippen molar-refractivity contribution >= 4 is 11.9 Å². The second kappa shape index (κ2) is 7.94. The maximum atomic E-state index is 13.9. The summed E-state index contributed by atoms with van der Waals surface area (Å²) < 4.78 is 29.8. The Morgan fingerprint density at radius 1 is 1.15 bits per heavy atom. The van der Waals surface area contributed by atoms with E-state index >= 15 is 0 Å². The van der Waals surface area contributed by atoms with E-state index in [1.807, 2.05) is 0 Å². The maximum Gasteiger partial charge on any atom is 0.330 e. The third-order valence-electron chi connectivity index (χ3n) is 4.04. The minimum absolute atomic E-state index is 0.0166. The van der Waals surface area contributed by atoms with Crippen LogP contribution in [0.3, 0.4) is 0 Å². The van der Waals surface area contributed by atoms with Gasteiger partial charge in [0.05, 0.1) is 20.3 Å². The molecular formula is C19H18FNO6. The molecule has 8 heteroatoms. The number of fused-ring (bicyclic) bond motifs is 1. The molecule has 2 N–H and O–H groups in total. The van der Waals surface area contributed by atoms with E-state index < -0.39 is 23.7 Å². The van der Waals surface area contributed by atoms with Crippen LogP contribution < -0.4 is 19.5 Å². The molecular weight excluding hydrogens is 357 g/mol. The highest BCUT2D eigenvalue weighted by Crippen LogP contribution is 2.30. The quantitative estimate of drug-likeness (QED) is 0.834. The number of ether oxygens (including phenoxy) is 3. The van der Waals surface area contributed by atoms with Crippen molar-refractivity contribution < 1.29 is 33.3 Å². The van der Waals surface area contributed by atoms with E-state index in [4.69, 9.17) is 14.2 Å². The van der Waals surface area contributed by atoms with Crippen molar-refractivity contribution in [2.75, 3.05) is 20.3 Å². The van der Waals surface area contributed by atoms with Gasteiger partial charge in [-0.3, -0.25) is 4.79 Å². The van der Waals surface area contributed by atoms with Gasteiger partial charge in [0.1, 0.15) is 0 Å². The van der Waals surface area contributed by atoms with E-state index in [1.54, 1.807) is 6.07 Å². The highest BCUT2D eigenvalue weighted by molar-refractivity contribution is 5.97. The van der Waals surface area contributed by atoms with Crippen LogP contribution in [-0.4, -0.2) is 37.3 Å². The number of methoxy groups -OCH3 is 1. The highest BCUT2D eigenvalue weighted by Gasteiger charge is 2.24. The number of hydrogen-bond donors (Lipinski definition) is 2. The van der Waals surface area contributed by atoms with Crippen molar-refractivity contribution in [3.8, 4) is 17.2 Å². The first-order valence-electron chi connectivity index (χ1n) is 8.26. The number of hydrogen-bond acceptors (Lipinski definition) is 5. The number of carboxylic acid groups (broad SMARTS) is 1. The largest absolute Gasteiger partial charge is 0.494 e. The molecule has 0 bridgehead atoms. The first-order chi connectivity index (χ1) is 13.0. The number of amides is 1. The summed E-state index contributed by atoms with van der Waals surface area (Å²) in [6.45, 7) is 0.976. The highest BCUT2D eigenvalue weighted by atomic mass is 19.1. The Balaban J connectivity index is 1.82. The van der Waals surface area contributed by atoms with Crippen molar-refractivity contribution in [3.63, 3.8) is 0 Å². The number of carbonyl (C=O) groups is 2. The SMILES string of the molecule is COc1ccc(C(NC(=O)c2ccc3c(c2)OCCCO3)C(=O)O)cc1F. The minimum atomic E-state index is -1.42. The van der Waals surface area contributed by atoms with Crippen molar-refractivity contribution in [1.82, 2.24) is 5.32 Å². The zero-order valence-corrected chi connectivity index (χ0v) is 14.5. The van der Waals surface area contributed by atoms with E-state index in [1.165, 1.54) is 31.4 Å². The molecule has 1 amide bonds. The predicted molar refractivity (Wildman–Crippen MR) is 92.8 cm³/mol. The lowest BCUT2D eigenvalue weighted by Crippen LogP contribution is -2.33. The molecule has 0 saturated heterocycles. The lowest BCUT2D eigenvalue weighted by atomic mass is 10.1. The molecule has 1 unspecified atom stereocenters. The van der Waals surface area contributed by atoms with Crippen LogP contribution in [0.4, 0.5) is 4.39 Å². The molecule has 142 valence electrons. The van der Waals surface area contributed by atoms with Gasteiger partial charge in [-0.15, -0.1) is 0 Å². The summed E-state index contributed by atoms with van der Waals surface area (Å²) in [5, 5.41) is 11.8. The second-order valence-electron chi connectivity index (χ2n) is 5.85. The Morgan fingerprint density at radius 2 is 1.89 bits per heavy atom. The van der Waals surface area contributed by atoms with Gasteiger partial charge in [-0.2, -0.15) is 0 Å². The molecule has 3 rings (SSSR count). The van der Waals surface area contributed by atoms with Crippen LogP contribution in [-0.2, 0) is 4.79 Å². The number of rotatable bonds is 5. The summed E-state index contributed by atoms with van der Waals surface area (Å²) >= 11 is 0.